The Balaban J connectivity index is 1.46. The van der Waals surface area contributed by atoms with Crippen molar-refractivity contribution < 1.29 is 44.6 Å². The van der Waals surface area contributed by atoms with Gasteiger partial charge in [0.05, 0.1) is 12.7 Å². The van der Waals surface area contributed by atoms with Crippen LogP contribution in [0.25, 0.3) is 22.3 Å². The van der Waals surface area contributed by atoms with Crippen molar-refractivity contribution in [3.05, 3.63) is 77.6 Å². The smallest absolute Gasteiger partial charge is 0.423 e. The first-order valence-corrected chi connectivity index (χ1v) is 13.0. The zero-order valence-corrected chi connectivity index (χ0v) is 21.6. The van der Waals surface area contributed by atoms with Crippen LogP contribution in [0.4, 0.5) is 35.1 Å². The lowest BCUT2D eigenvalue weighted by atomic mass is 9.90. The quantitative estimate of drug-likeness (QED) is 0.188. The van der Waals surface area contributed by atoms with E-state index in [-0.39, 0.29) is 17.2 Å². The fourth-order valence-electron chi connectivity index (χ4n) is 4.80. The van der Waals surface area contributed by atoms with Crippen LogP contribution in [0.5, 0.6) is 5.75 Å². The third-order valence-electron chi connectivity index (χ3n) is 7.07. The highest BCUT2D eigenvalue weighted by molar-refractivity contribution is 5.71. The summed E-state index contributed by atoms with van der Waals surface area (Å²) in [6.07, 6.45) is -5.49. The number of halogens is 8. The van der Waals surface area contributed by atoms with Gasteiger partial charge in [-0.25, -0.2) is 8.78 Å². The molecule has 0 radical (unpaired) electrons. The van der Waals surface area contributed by atoms with Gasteiger partial charge in [-0.3, -0.25) is 0 Å². The molecule has 0 aromatic heterocycles. The maximum atomic E-state index is 15.1. The highest BCUT2D eigenvalue weighted by atomic mass is 19.4. The van der Waals surface area contributed by atoms with E-state index in [2.05, 4.69) is 11.7 Å². The Morgan fingerprint density at radius 3 is 2.02 bits per heavy atom. The molecule has 0 saturated carbocycles. The van der Waals surface area contributed by atoms with Crippen molar-refractivity contribution in [3.8, 4) is 28.0 Å². The van der Waals surface area contributed by atoms with Gasteiger partial charge in [-0.1, -0.05) is 62.6 Å². The highest BCUT2D eigenvalue weighted by Crippen LogP contribution is 2.40. The van der Waals surface area contributed by atoms with Crippen LogP contribution in [0.3, 0.4) is 0 Å². The largest absolute Gasteiger partial charge is 0.499 e. The first-order chi connectivity index (χ1) is 18.9. The molecule has 0 amide bonds. The molecule has 0 bridgehead atoms. The Kier molecular flexibility index (Phi) is 9.07. The van der Waals surface area contributed by atoms with Gasteiger partial charge in [0.15, 0.2) is 11.6 Å². The Morgan fingerprint density at radius 1 is 0.800 bits per heavy atom. The molecule has 40 heavy (non-hydrogen) atoms. The van der Waals surface area contributed by atoms with Crippen LogP contribution in [-0.2, 0) is 4.74 Å². The van der Waals surface area contributed by atoms with Crippen molar-refractivity contribution in [2.24, 2.45) is 5.92 Å². The van der Waals surface area contributed by atoms with E-state index in [4.69, 9.17) is 4.74 Å². The standard InChI is InChI=1S/C30H28F8O2/c1-2-3-4-5-18-6-14-25(39-17-18)21-11-12-22(24(31)16-21)19-7-9-20(10-8-19)23-13-15-26(28(33)27(23)32)40-30(37,38)29(34,35)36/h7-13,15-16,18,25H,2-6,14,17H2,1H3. The van der Waals surface area contributed by atoms with E-state index in [9.17, 15) is 30.7 Å². The van der Waals surface area contributed by atoms with Crippen LogP contribution in [-0.4, -0.2) is 18.9 Å². The van der Waals surface area contributed by atoms with Crippen LogP contribution in [0.2, 0.25) is 0 Å². The lowest BCUT2D eigenvalue weighted by molar-refractivity contribution is -0.361. The first-order valence-electron chi connectivity index (χ1n) is 13.0. The van der Waals surface area contributed by atoms with E-state index in [0.717, 1.165) is 30.9 Å². The zero-order chi connectivity index (χ0) is 29.1. The van der Waals surface area contributed by atoms with E-state index in [1.807, 2.05) is 0 Å². The molecule has 0 aliphatic carbocycles. The van der Waals surface area contributed by atoms with Crippen LogP contribution in [0, 0.1) is 23.4 Å². The third-order valence-corrected chi connectivity index (χ3v) is 7.07. The van der Waals surface area contributed by atoms with Crippen LogP contribution >= 0.6 is 0 Å². The van der Waals surface area contributed by atoms with Gasteiger partial charge in [0.25, 0.3) is 0 Å². The predicted molar refractivity (Wildman–Crippen MR) is 134 cm³/mol. The molecule has 1 aliphatic heterocycles. The zero-order valence-electron chi connectivity index (χ0n) is 21.6. The molecule has 3 aromatic carbocycles. The lowest BCUT2D eigenvalue weighted by Crippen LogP contribution is -2.42. The Bertz CT molecular complexity index is 1300. The molecule has 1 heterocycles. The number of ether oxygens (including phenoxy) is 2. The Hall–Kier alpha value is -3.14. The highest BCUT2D eigenvalue weighted by Gasteiger charge is 2.61. The predicted octanol–water partition coefficient (Wildman–Crippen LogP) is 10.0. The second-order valence-electron chi connectivity index (χ2n) is 9.93. The van der Waals surface area contributed by atoms with Gasteiger partial charge >= 0.3 is 12.3 Å². The average molecular weight is 573 g/mol. The molecule has 2 unspecified atom stereocenters. The second kappa shape index (κ2) is 12.2. The first kappa shape index (κ1) is 29.8. The van der Waals surface area contributed by atoms with Gasteiger partial charge in [-0.15, -0.1) is 0 Å². The minimum atomic E-state index is -6.11. The fraction of sp³-hybridized carbons (Fsp3) is 0.400. The average Bonchev–Trinajstić information content (AvgIpc) is 2.91. The van der Waals surface area contributed by atoms with Crippen molar-refractivity contribution in [1.29, 1.82) is 0 Å². The number of hydrogen-bond donors (Lipinski definition) is 0. The van der Waals surface area contributed by atoms with Gasteiger partial charge in [0.1, 0.15) is 5.82 Å². The van der Waals surface area contributed by atoms with Gasteiger partial charge < -0.3 is 9.47 Å². The monoisotopic (exact) mass is 572 g/mol. The topological polar surface area (TPSA) is 18.5 Å². The van der Waals surface area contributed by atoms with Crippen molar-refractivity contribution >= 4 is 0 Å². The van der Waals surface area contributed by atoms with Crippen LogP contribution in [0.1, 0.15) is 57.1 Å². The van der Waals surface area contributed by atoms with E-state index in [1.165, 1.54) is 49.6 Å². The molecule has 4 rings (SSSR count). The molecule has 0 N–H and O–H groups in total. The van der Waals surface area contributed by atoms with Crippen molar-refractivity contribution in [1.82, 2.24) is 0 Å². The summed E-state index contributed by atoms with van der Waals surface area (Å²) in [6.45, 7) is 2.81. The summed E-state index contributed by atoms with van der Waals surface area (Å²) in [7, 11) is 0. The number of hydrogen-bond acceptors (Lipinski definition) is 2. The van der Waals surface area contributed by atoms with Crippen molar-refractivity contribution in [2.75, 3.05) is 6.61 Å². The summed E-state index contributed by atoms with van der Waals surface area (Å²) in [4.78, 5) is 0. The molecular formula is C30H28F8O2. The summed E-state index contributed by atoms with van der Waals surface area (Å²) in [5, 5.41) is 0. The Morgan fingerprint density at radius 2 is 1.45 bits per heavy atom. The second-order valence-corrected chi connectivity index (χ2v) is 9.93. The van der Waals surface area contributed by atoms with Gasteiger partial charge in [0.2, 0.25) is 5.82 Å². The van der Waals surface area contributed by atoms with E-state index in [0.29, 0.717) is 24.2 Å². The van der Waals surface area contributed by atoms with Crippen molar-refractivity contribution in [2.45, 2.75) is 63.8 Å². The van der Waals surface area contributed by atoms with Crippen LogP contribution in [0.15, 0.2) is 54.6 Å². The molecule has 10 heteroatoms. The SMILES string of the molecule is CCCCCC1CCC(c2ccc(-c3ccc(-c4ccc(OC(F)(F)C(F)(F)F)c(F)c4F)cc3)c(F)c2)OC1. The molecule has 2 nitrogen and oxygen atoms in total. The molecule has 216 valence electrons. The molecule has 1 fully saturated rings. The lowest BCUT2D eigenvalue weighted by Gasteiger charge is -2.29. The van der Waals surface area contributed by atoms with E-state index >= 15 is 4.39 Å². The van der Waals surface area contributed by atoms with Gasteiger partial charge in [-0.2, -0.15) is 26.3 Å². The molecule has 3 aromatic rings. The molecule has 1 saturated heterocycles. The Labute approximate surface area is 226 Å². The summed E-state index contributed by atoms with van der Waals surface area (Å²) in [5.41, 5.74) is 1.15. The van der Waals surface area contributed by atoms with Crippen LogP contribution < -0.4 is 4.74 Å². The maximum absolute atomic E-state index is 15.1. The molecular weight excluding hydrogens is 544 g/mol. The summed E-state index contributed by atoms with van der Waals surface area (Å²) < 4.78 is 117. The molecule has 1 aliphatic rings. The summed E-state index contributed by atoms with van der Waals surface area (Å²) in [6, 6.07) is 11.8. The number of alkyl halides is 5. The minimum Gasteiger partial charge on any atom is -0.423 e. The van der Waals surface area contributed by atoms with E-state index in [1.54, 1.807) is 12.1 Å². The maximum Gasteiger partial charge on any atom is 0.499 e. The summed E-state index contributed by atoms with van der Waals surface area (Å²) >= 11 is 0. The van der Waals surface area contributed by atoms with E-state index < -0.39 is 41.0 Å². The van der Waals surface area contributed by atoms with Crippen molar-refractivity contribution in [3.63, 3.8) is 0 Å². The fourth-order valence-corrected chi connectivity index (χ4v) is 4.80. The number of unbranched alkanes of at least 4 members (excludes halogenated alkanes) is 2. The molecule has 0 spiro atoms. The third kappa shape index (κ3) is 6.59. The number of benzene rings is 3. The normalized spacial score (nSPS) is 18.1. The minimum absolute atomic E-state index is 0.0930. The molecule has 2 atom stereocenters. The number of rotatable bonds is 9. The van der Waals surface area contributed by atoms with Gasteiger partial charge in [0, 0.05) is 11.1 Å². The van der Waals surface area contributed by atoms with Gasteiger partial charge in [-0.05, 0) is 60.1 Å². The summed E-state index contributed by atoms with van der Waals surface area (Å²) in [5.74, 6) is -5.21.